The summed E-state index contributed by atoms with van der Waals surface area (Å²) in [5.74, 6) is 0. The molecule has 0 atom stereocenters. The van der Waals surface area contributed by atoms with Gasteiger partial charge in [0.15, 0.2) is 5.00 Å². The first-order valence-electron chi connectivity index (χ1n) is 2.63. The number of thiophene rings is 1. The smallest absolute Gasteiger partial charge is 0.144 e. The van der Waals surface area contributed by atoms with Gasteiger partial charge in [0.05, 0.1) is 0 Å². The Balaban J connectivity index is 3.18. The van der Waals surface area contributed by atoms with Crippen molar-refractivity contribution < 1.29 is 0 Å². The van der Waals surface area contributed by atoms with Gasteiger partial charge in [-0.25, -0.2) is 0 Å². The topological polar surface area (TPSA) is 29.4 Å². The minimum Gasteiger partial charge on any atom is -0.144 e. The molecule has 1 aromatic heterocycles. The second-order valence-corrected chi connectivity index (χ2v) is 2.80. The van der Waals surface area contributed by atoms with Gasteiger partial charge in [-0.2, -0.15) is 0 Å². The van der Waals surface area contributed by atoms with Crippen molar-refractivity contribution >= 4 is 16.3 Å². The Morgan fingerprint density at radius 2 is 2.22 bits per heavy atom. The molecule has 1 aromatic rings. The molecule has 0 bridgehead atoms. The minimum atomic E-state index is 0.604. The largest absolute Gasteiger partial charge is 0.163 e. The van der Waals surface area contributed by atoms with Crippen molar-refractivity contribution in [3.05, 3.63) is 21.4 Å². The van der Waals surface area contributed by atoms with Crippen LogP contribution in [-0.4, -0.2) is 0 Å². The van der Waals surface area contributed by atoms with Crippen LogP contribution in [0, 0.1) is 18.8 Å². The molecule has 0 aliphatic heterocycles. The van der Waals surface area contributed by atoms with Crippen LogP contribution in [-0.2, 0) is 0 Å². The summed E-state index contributed by atoms with van der Waals surface area (Å²) in [4.78, 5) is 10.0. The summed E-state index contributed by atoms with van der Waals surface area (Å²) in [5.41, 5.74) is 2.16. The maximum absolute atomic E-state index is 10.0. The summed E-state index contributed by atoms with van der Waals surface area (Å²) >= 11 is 1.40. The number of hydrogen-bond donors (Lipinski definition) is 0. The Labute approximate surface area is 57.5 Å². The Morgan fingerprint density at radius 3 is 2.44 bits per heavy atom. The van der Waals surface area contributed by atoms with Crippen LogP contribution < -0.4 is 0 Å². The second kappa shape index (κ2) is 2.27. The third kappa shape index (κ3) is 1.00. The fraction of sp³-hybridized carbons (Fsp3) is 0.333. The number of rotatable bonds is 1. The van der Waals surface area contributed by atoms with E-state index in [0.29, 0.717) is 5.00 Å². The highest BCUT2D eigenvalue weighted by Gasteiger charge is 2.01. The molecule has 48 valence electrons. The predicted octanol–water partition coefficient (Wildman–Crippen LogP) is 2.76. The van der Waals surface area contributed by atoms with Gasteiger partial charge in [-0.15, -0.1) is 16.2 Å². The lowest BCUT2D eigenvalue weighted by Crippen LogP contribution is -1.66. The van der Waals surface area contributed by atoms with Crippen molar-refractivity contribution in [3.63, 3.8) is 0 Å². The van der Waals surface area contributed by atoms with Gasteiger partial charge in [-0.1, -0.05) is 0 Å². The maximum atomic E-state index is 10.0. The van der Waals surface area contributed by atoms with Crippen LogP contribution in [0.4, 0.5) is 5.00 Å². The second-order valence-electron chi connectivity index (χ2n) is 1.94. The molecule has 0 spiro atoms. The maximum Gasteiger partial charge on any atom is 0.163 e. The van der Waals surface area contributed by atoms with E-state index >= 15 is 0 Å². The molecule has 0 aliphatic carbocycles. The first kappa shape index (κ1) is 6.42. The van der Waals surface area contributed by atoms with Crippen LogP contribution in [0.2, 0.25) is 0 Å². The lowest BCUT2D eigenvalue weighted by Gasteiger charge is -1.84. The van der Waals surface area contributed by atoms with E-state index in [1.807, 2.05) is 19.2 Å². The van der Waals surface area contributed by atoms with Gasteiger partial charge in [0.1, 0.15) is 0 Å². The van der Waals surface area contributed by atoms with Crippen molar-refractivity contribution in [1.29, 1.82) is 0 Å². The van der Waals surface area contributed by atoms with Gasteiger partial charge < -0.3 is 0 Å². The Bertz CT molecular complexity index is 229. The molecule has 1 rings (SSSR count). The molecule has 0 amide bonds. The van der Waals surface area contributed by atoms with Gasteiger partial charge in [0.2, 0.25) is 0 Å². The molecule has 0 saturated carbocycles. The van der Waals surface area contributed by atoms with Crippen LogP contribution >= 0.6 is 11.3 Å². The zero-order chi connectivity index (χ0) is 6.85. The number of aryl methyl sites for hydroxylation is 1. The van der Waals surface area contributed by atoms with E-state index in [4.69, 9.17) is 0 Å². The highest BCUT2D eigenvalue weighted by molar-refractivity contribution is 7.14. The van der Waals surface area contributed by atoms with Crippen LogP contribution in [0.25, 0.3) is 0 Å². The molecule has 3 heteroatoms. The average molecular weight is 141 g/mol. The Morgan fingerprint density at radius 1 is 1.56 bits per heavy atom. The zero-order valence-corrected chi connectivity index (χ0v) is 6.16. The highest BCUT2D eigenvalue weighted by Crippen LogP contribution is 2.28. The molecule has 9 heavy (non-hydrogen) atoms. The van der Waals surface area contributed by atoms with Crippen molar-refractivity contribution in [2.75, 3.05) is 0 Å². The quantitative estimate of drug-likeness (QED) is 0.553. The summed E-state index contributed by atoms with van der Waals surface area (Å²) in [7, 11) is 0. The van der Waals surface area contributed by atoms with Gasteiger partial charge in [-0.3, -0.25) is 0 Å². The Kier molecular flexibility index (Phi) is 1.62. The molecule has 0 unspecified atom stereocenters. The summed E-state index contributed by atoms with van der Waals surface area (Å²) in [6, 6.07) is 0. The third-order valence-electron chi connectivity index (χ3n) is 1.34. The molecule has 0 saturated heterocycles. The van der Waals surface area contributed by atoms with E-state index in [-0.39, 0.29) is 0 Å². The van der Waals surface area contributed by atoms with Crippen LogP contribution in [0.15, 0.2) is 10.6 Å². The third-order valence-corrected chi connectivity index (χ3v) is 2.42. The highest BCUT2D eigenvalue weighted by atomic mass is 32.1. The fourth-order valence-corrected chi connectivity index (χ4v) is 1.43. The molecule has 2 nitrogen and oxygen atoms in total. The van der Waals surface area contributed by atoms with E-state index in [0.717, 1.165) is 11.1 Å². The lowest BCUT2D eigenvalue weighted by molar-refractivity contribution is 1.37. The monoisotopic (exact) mass is 141 g/mol. The van der Waals surface area contributed by atoms with E-state index in [1.54, 1.807) is 0 Å². The van der Waals surface area contributed by atoms with Gasteiger partial charge in [0.25, 0.3) is 0 Å². The molecular weight excluding hydrogens is 134 g/mol. The lowest BCUT2D eigenvalue weighted by atomic mass is 10.2. The van der Waals surface area contributed by atoms with Gasteiger partial charge in [-0.05, 0) is 35.5 Å². The number of nitroso groups, excluding NO2 is 1. The van der Waals surface area contributed by atoms with E-state index in [2.05, 4.69) is 5.18 Å². The van der Waals surface area contributed by atoms with Crippen molar-refractivity contribution in [2.45, 2.75) is 13.8 Å². The molecular formula is C6H7NOS. The van der Waals surface area contributed by atoms with Crippen LogP contribution in [0.5, 0.6) is 0 Å². The van der Waals surface area contributed by atoms with Crippen molar-refractivity contribution in [2.24, 2.45) is 5.18 Å². The number of nitrogens with zero attached hydrogens (tertiary/aromatic N) is 1. The van der Waals surface area contributed by atoms with Crippen molar-refractivity contribution in [3.8, 4) is 0 Å². The molecule has 0 fully saturated rings. The fourth-order valence-electron chi connectivity index (χ4n) is 0.580. The predicted molar refractivity (Wildman–Crippen MR) is 39.2 cm³/mol. The average Bonchev–Trinajstić information content (AvgIpc) is 2.15. The van der Waals surface area contributed by atoms with Crippen LogP contribution in [0.1, 0.15) is 11.1 Å². The summed E-state index contributed by atoms with van der Waals surface area (Å²) in [6.07, 6.45) is 0. The molecule has 0 radical (unpaired) electrons. The first-order chi connectivity index (χ1) is 4.25. The molecule has 0 aliphatic rings. The Hall–Kier alpha value is -0.700. The number of hydrogen-bond acceptors (Lipinski definition) is 3. The van der Waals surface area contributed by atoms with E-state index in [9.17, 15) is 4.91 Å². The van der Waals surface area contributed by atoms with E-state index in [1.165, 1.54) is 11.3 Å². The SMILES string of the molecule is Cc1csc(N=O)c1C. The zero-order valence-electron chi connectivity index (χ0n) is 5.34. The molecule has 1 heterocycles. The summed E-state index contributed by atoms with van der Waals surface area (Å²) < 4.78 is 0. The van der Waals surface area contributed by atoms with Crippen LogP contribution in [0.3, 0.4) is 0 Å². The van der Waals surface area contributed by atoms with E-state index < -0.39 is 0 Å². The molecule has 0 aromatic carbocycles. The first-order valence-corrected chi connectivity index (χ1v) is 3.51. The summed E-state index contributed by atoms with van der Waals surface area (Å²) in [6.45, 7) is 3.88. The minimum absolute atomic E-state index is 0.604. The van der Waals surface area contributed by atoms with Gasteiger partial charge in [0, 0.05) is 0 Å². The van der Waals surface area contributed by atoms with Gasteiger partial charge >= 0.3 is 0 Å². The normalized spacial score (nSPS) is 9.56. The van der Waals surface area contributed by atoms with Crippen molar-refractivity contribution in [1.82, 2.24) is 0 Å². The summed E-state index contributed by atoms with van der Waals surface area (Å²) in [5, 5.41) is 5.40. The molecule has 0 N–H and O–H groups in total. The standard InChI is InChI=1S/C6H7NOS/c1-4-3-9-6(7-8)5(4)2/h3H,1-2H3.